The van der Waals surface area contributed by atoms with Crippen LogP contribution in [0.25, 0.3) is 76.5 Å². The normalized spacial score (nSPS) is 13.1. The summed E-state index contributed by atoms with van der Waals surface area (Å²) in [6.07, 6.45) is 0. The van der Waals surface area contributed by atoms with Gasteiger partial charge in [-0.05, 0) is 123 Å². The molecule has 0 N–H and O–H groups in total. The van der Waals surface area contributed by atoms with Crippen molar-refractivity contribution >= 4 is 43.1 Å². The molecule has 10 aromatic rings. The minimum absolute atomic E-state index is 0.529. The highest BCUT2D eigenvalue weighted by Crippen LogP contribution is 2.58. The molecule has 0 aliphatic heterocycles. The van der Waals surface area contributed by atoms with E-state index in [1.807, 2.05) is 0 Å². The third kappa shape index (κ3) is 4.36. The summed E-state index contributed by atoms with van der Waals surface area (Å²) in [5.74, 6) is 0. The maximum absolute atomic E-state index is 2.50. The molecule has 0 saturated carbocycles. The summed E-state index contributed by atoms with van der Waals surface area (Å²) in [5, 5.41) is 10.2. The molecule has 53 heavy (non-hydrogen) atoms. The summed E-state index contributed by atoms with van der Waals surface area (Å²) in [6.45, 7) is 0. The van der Waals surface area contributed by atoms with E-state index >= 15 is 0 Å². The van der Waals surface area contributed by atoms with Crippen LogP contribution in [-0.2, 0) is 5.41 Å². The fraction of sp³-hybridized carbons (Fsp3) is 0.0189. The molecule has 0 bridgehead atoms. The standard InChI is InChI=1S/C53H34/c1-3-17-39(18-4-1)53(40-19-5-2-6-20-40)51-33-37(49-31-35-15-7-9-21-41(35)43-23-11-13-25-45(43)49)27-29-47(51)48-30-28-38(34-52(48)53)50-32-36-16-8-10-22-42(36)44-24-12-14-26-46(44)50/h1-34H. The summed E-state index contributed by atoms with van der Waals surface area (Å²) >= 11 is 0. The van der Waals surface area contributed by atoms with Gasteiger partial charge in [0.05, 0.1) is 5.41 Å². The Morgan fingerprint density at radius 3 is 1.04 bits per heavy atom. The van der Waals surface area contributed by atoms with Crippen LogP contribution in [0.5, 0.6) is 0 Å². The van der Waals surface area contributed by atoms with Crippen molar-refractivity contribution < 1.29 is 0 Å². The highest BCUT2D eigenvalue weighted by molar-refractivity contribution is 6.15. The monoisotopic (exact) mass is 670 g/mol. The Labute approximate surface area is 309 Å². The zero-order valence-corrected chi connectivity index (χ0v) is 29.1. The second kappa shape index (κ2) is 11.6. The van der Waals surface area contributed by atoms with Gasteiger partial charge in [-0.3, -0.25) is 0 Å². The van der Waals surface area contributed by atoms with Crippen LogP contribution in [0.4, 0.5) is 0 Å². The summed E-state index contributed by atoms with van der Waals surface area (Å²) in [5.41, 5.74) is 12.2. The second-order valence-corrected chi connectivity index (χ2v) is 14.4. The van der Waals surface area contributed by atoms with Crippen LogP contribution in [0, 0.1) is 0 Å². The van der Waals surface area contributed by atoms with Crippen LogP contribution in [0.2, 0.25) is 0 Å². The molecule has 246 valence electrons. The fourth-order valence-corrected chi connectivity index (χ4v) is 9.41. The maximum atomic E-state index is 2.50. The zero-order valence-electron chi connectivity index (χ0n) is 29.1. The average Bonchev–Trinajstić information content (AvgIpc) is 3.53. The molecule has 10 aromatic carbocycles. The lowest BCUT2D eigenvalue weighted by Crippen LogP contribution is -2.28. The summed E-state index contributed by atoms with van der Waals surface area (Å²) in [6, 6.07) is 76.8. The Morgan fingerprint density at radius 1 is 0.245 bits per heavy atom. The first kappa shape index (κ1) is 29.9. The van der Waals surface area contributed by atoms with E-state index in [4.69, 9.17) is 0 Å². The first-order chi connectivity index (χ1) is 26.3. The molecule has 11 rings (SSSR count). The van der Waals surface area contributed by atoms with Crippen molar-refractivity contribution in [1.82, 2.24) is 0 Å². The number of benzene rings is 10. The first-order valence-corrected chi connectivity index (χ1v) is 18.5. The molecule has 1 aliphatic rings. The van der Waals surface area contributed by atoms with Gasteiger partial charge in [-0.25, -0.2) is 0 Å². The van der Waals surface area contributed by atoms with E-state index < -0.39 is 5.41 Å². The molecule has 0 heterocycles. The lowest BCUT2D eigenvalue weighted by atomic mass is 9.67. The molecule has 0 nitrogen and oxygen atoms in total. The highest BCUT2D eigenvalue weighted by atomic mass is 14.5. The van der Waals surface area contributed by atoms with E-state index in [1.165, 1.54) is 98.7 Å². The third-order valence-corrected chi connectivity index (χ3v) is 11.7. The van der Waals surface area contributed by atoms with E-state index in [0.29, 0.717) is 0 Å². The fourth-order valence-electron chi connectivity index (χ4n) is 9.41. The number of hydrogen-bond donors (Lipinski definition) is 0. The van der Waals surface area contributed by atoms with E-state index in [9.17, 15) is 0 Å². The molecule has 0 saturated heterocycles. The Bertz CT molecular complexity index is 2830. The molecule has 0 atom stereocenters. The van der Waals surface area contributed by atoms with Gasteiger partial charge in [0.25, 0.3) is 0 Å². The van der Waals surface area contributed by atoms with Crippen LogP contribution in [-0.4, -0.2) is 0 Å². The van der Waals surface area contributed by atoms with Crippen molar-refractivity contribution in [3.05, 3.63) is 229 Å². The van der Waals surface area contributed by atoms with Gasteiger partial charge >= 0.3 is 0 Å². The minimum atomic E-state index is -0.529. The van der Waals surface area contributed by atoms with Crippen molar-refractivity contribution in [3.8, 4) is 33.4 Å². The molecule has 0 aromatic heterocycles. The third-order valence-electron chi connectivity index (χ3n) is 11.7. The van der Waals surface area contributed by atoms with Gasteiger partial charge in [0, 0.05) is 0 Å². The molecular weight excluding hydrogens is 637 g/mol. The minimum Gasteiger partial charge on any atom is -0.0622 e. The van der Waals surface area contributed by atoms with E-state index in [0.717, 1.165) is 0 Å². The van der Waals surface area contributed by atoms with Crippen LogP contribution in [0.1, 0.15) is 22.3 Å². The summed E-state index contributed by atoms with van der Waals surface area (Å²) < 4.78 is 0. The van der Waals surface area contributed by atoms with Gasteiger partial charge in [0.15, 0.2) is 0 Å². The van der Waals surface area contributed by atoms with Crippen LogP contribution in [0.15, 0.2) is 206 Å². The summed E-state index contributed by atoms with van der Waals surface area (Å²) in [7, 11) is 0. The highest BCUT2D eigenvalue weighted by Gasteiger charge is 2.46. The largest absolute Gasteiger partial charge is 0.0713 e. The smallest absolute Gasteiger partial charge is 0.0622 e. The summed E-state index contributed by atoms with van der Waals surface area (Å²) in [4.78, 5) is 0. The van der Waals surface area contributed by atoms with Gasteiger partial charge < -0.3 is 0 Å². The van der Waals surface area contributed by atoms with Gasteiger partial charge in [-0.2, -0.15) is 0 Å². The molecule has 0 spiro atoms. The van der Waals surface area contributed by atoms with E-state index in [1.54, 1.807) is 0 Å². The lowest BCUT2D eigenvalue weighted by molar-refractivity contribution is 0.769. The van der Waals surface area contributed by atoms with Crippen molar-refractivity contribution in [1.29, 1.82) is 0 Å². The molecule has 0 radical (unpaired) electrons. The van der Waals surface area contributed by atoms with Crippen molar-refractivity contribution in [2.45, 2.75) is 5.41 Å². The van der Waals surface area contributed by atoms with E-state index in [-0.39, 0.29) is 0 Å². The molecule has 0 fully saturated rings. The quantitative estimate of drug-likeness (QED) is 0.164. The van der Waals surface area contributed by atoms with Gasteiger partial charge in [-0.1, -0.05) is 182 Å². The number of fused-ring (bicyclic) bond motifs is 9. The maximum Gasteiger partial charge on any atom is 0.0713 e. The van der Waals surface area contributed by atoms with Crippen molar-refractivity contribution in [3.63, 3.8) is 0 Å². The van der Waals surface area contributed by atoms with Gasteiger partial charge in [-0.15, -0.1) is 0 Å². The lowest BCUT2D eigenvalue weighted by Gasteiger charge is -2.34. The molecular formula is C53H34. The van der Waals surface area contributed by atoms with Crippen molar-refractivity contribution in [2.75, 3.05) is 0 Å². The van der Waals surface area contributed by atoms with Crippen LogP contribution in [0.3, 0.4) is 0 Å². The molecule has 0 heteroatoms. The first-order valence-electron chi connectivity index (χ1n) is 18.5. The van der Waals surface area contributed by atoms with Crippen LogP contribution < -0.4 is 0 Å². The molecule has 0 unspecified atom stereocenters. The molecule has 1 aliphatic carbocycles. The van der Waals surface area contributed by atoms with Crippen molar-refractivity contribution in [2.24, 2.45) is 0 Å². The second-order valence-electron chi connectivity index (χ2n) is 14.4. The van der Waals surface area contributed by atoms with Gasteiger partial charge in [0.1, 0.15) is 0 Å². The predicted molar refractivity (Wildman–Crippen MR) is 225 cm³/mol. The predicted octanol–water partition coefficient (Wildman–Crippen LogP) is 14.0. The van der Waals surface area contributed by atoms with Gasteiger partial charge in [0.2, 0.25) is 0 Å². The Balaban J connectivity index is 1.22. The SMILES string of the molecule is c1ccc(C2(c3ccccc3)c3cc(-c4cc5ccccc5c5ccccc45)ccc3-c3ccc(-c4cc5ccccc5c5ccccc45)cc32)cc1. The molecule has 0 amide bonds. The topological polar surface area (TPSA) is 0 Å². The van der Waals surface area contributed by atoms with Crippen LogP contribution >= 0.6 is 0 Å². The zero-order chi connectivity index (χ0) is 34.9. The average molecular weight is 671 g/mol. The van der Waals surface area contributed by atoms with E-state index in [2.05, 4.69) is 206 Å². The Hall–Kier alpha value is -6.76. The number of hydrogen-bond acceptors (Lipinski definition) is 0. The number of rotatable bonds is 4. The Morgan fingerprint density at radius 2 is 0.604 bits per heavy atom. The Kier molecular flexibility index (Phi) is 6.57.